The van der Waals surface area contributed by atoms with Gasteiger partial charge in [0.15, 0.2) is 23.1 Å². The Morgan fingerprint density at radius 2 is 1.96 bits per heavy atom. The topological polar surface area (TPSA) is 73.6 Å². The van der Waals surface area contributed by atoms with E-state index in [9.17, 15) is 4.79 Å². The Morgan fingerprint density at radius 3 is 2.68 bits per heavy atom. The summed E-state index contributed by atoms with van der Waals surface area (Å²) in [7, 11) is 1.56. The van der Waals surface area contributed by atoms with E-state index in [0.717, 1.165) is 5.56 Å². The molecule has 1 heterocycles. The summed E-state index contributed by atoms with van der Waals surface area (Å²) in [6, 6.07) is 12.6. The molecule has 2 aromatic carbocycles. The highest BCUT2D eigenvalue weighted by Crippen LogP contribution is 2.30. The first-order valence-electron chi connectivity index (χ1n) is 8.90. The van der Waals surface area contributed by atoms with Gasteiger partial charge < -0.3 is 19.2 Å². The van der Waals surface area contributed by atoms with Crippen molar-refractivity contribution in [2.75, 3.05) is 19.0 Å². The number of hydrogen-bond donors (Lipinski definition) is 1. The molecule has 0 bridgehead atoms. The van der Waals surface area contributed by atoms with E-state index < -0.39 is 0 Å². The quantitative estimate of drug-likeness (QED) is 0.577. The van der Waals surface area contributed by atoms with Gasteiger partial charge in [0.1, 0.15) is 0 Å². The third-order valence-electron chi connectivity index (χ3n) is 4.00. The van der Waals surface area contributed by atoms with Gasteiger partial charge in [-0.25, -0.2) is 4.98 Å². The van der Waals surface area contributed by atoms with E-state index in [-0.39, 0.29) is 12.3 Å². The second-order valence-electron chi connectivity index (χ2n) is 5.97. The fourth-order valence-electron chi connectivity index (χ4n) is 2.64. The van der Waals surface area contributed by atoms with Gasteiger partial charge in [0.25, 0.3) is 0 Å². The number of hydrogen-bond acceptors (Lipinski definition) is 5. The molecule has 0 radical (unpaired) electrons. The van der Waals surface area contributed by atoms with E-state index in [1.165, 1.54) is 0 Å². The molecule has 0 aliphatic heterocycles. The minimum absolute atomic E-state index is 0.141. The molecule has 0 atom stereocenters. The van der Waals surface area contributed by atoms with Crippen molar-refractivity contribution < 1.29 is 18.7 Å². The summed E-state index contributed by atoms with van der Waals surface area (Å²) >= 11 is 5.89. The summed E-state index contributed by atoms with van der Waals surface area (Å²) in [4.78, 5) is 16.5. The molecule has 0 aliphatic carbocycles. The maximum absolute atomic E-state index is 12.2. The monoisotopic (exact) mass is 400 g/mol. The Morgan fingerprint density at radius 1 is 1.18 bits per heavy atom. The van der Waals surface area contributed by atoms with E-state index in [0.29, 0.717) is 46.9 Å². The van der Waals surface area contributed by atoms with Gasteiger partial charge in [0.2, 0.25) is 5.91 Å². The largest absolute Gasteiger partial charge is 0.493 e. The molecule has 0 saturated carbocycles. The van der Waals surface area contributed by atoms with Gasteiger partial charge in [-0.15, -0.1) is 0 Å². The van der Waals surface area contributed by atoms with Crippen molar-refractivity contribution in [1.29, 1.82) is 0 Å². The number of aryl methyl sites for hydroxylation is 1. The smallest absolute Gasteiger partial charge is 0.224 e. The second-order valence-corrected chi connectivity index (χ2v) is 6.41. The molecule has 1 amide bonds. The van der Waals surface area contributed by atoms with Crippen LogP contribution >= 0.6 is 11.6 Å². The maximum Gasteiger partial charge on any atom is 0.224 e. The zero-order valence-electron chi connectivity index (χ0n) is 15.7. The molecule has 6 nitrogen and oxygen atoms in total. The average molecular weight is 401 g/mol. The molecule has 3 aromatic rings. The summed E-state index contributed by atoms with van der Waals surface area (Å²) in [5.74, 6) is 2.21. The van der Waals surface area contributed by atoms with Crippen LogP contribution in [0.4, 0.5) is 5.69 Å². The number of nitrogens with zero attached hydrogens (tertiary/aromatic N) is 1. The van der Waals surface area contributed by atoms with E-state index >= 15 is 0 Å². The summed E-state index contributed by atoms with van der Waals surface area (Å²) in [6.07, 6.45) is 2.29. The molecular formula is C21H21ClN2O4. The lowest BCUT2D eigenvalue weighted by molar-refractivity contribution is -0.116. The number of aromatic nitrogens is 1. The molecule has 146 valence electrons. The van der Waals surface area contributed by atoms with Gasteiger partial charge in [-0.05, 0) is 43.3 Å². The molecule has 0 spiro atoms. The number of oxazole rings is 1. The van der Waals surface area contributed by atoms with Crippen LogP contribution in [0, 0.1) is 0 Å². The fourth-order valence-corrected chi connectivity index (χ4v) is 2.76. The zero-order chi connectivity index (χ0) is 19.9. The first-order valence-corrected chi connectivity index (χ1v) is 9.28. The van der Waals surface area contributed by atoms with Crippen molar-refractivity contribution >= 4 is 23.2 Å². The molecule has 7 heteroatoms. The van der Waals surface area contributed by atoms with Crippen LogP contribution in [0.3, 0.4) is 0 Å². The number of amides is 1. The van der Waals surface area contributed by atoms with E-state index in [2.05, 4.69) is 10.3 Å². The van der Waals surface area contributed by atoms with Gasteiger partial charge in [0, 0.05) is 35.2 Å². The summed E-state index contributed by atoms with van der Waals surface area (Å²) in [5.41, 5.74) is 1.52. The average Bonchev–Trinajstić information content (AvgIpc) is 3.17. The Balaban J connectivity index is 1.57. The van der Waals surface area contributed by atoms with Crippen LogP contribution in [0.15, 0.2) is 53.1 Å². The lowest BCUT2D eigenvalue weighted by Gasteiger charge is -2.11. The van der Waals surface area contributed by atoms with Crippen LogP contribution in [0.5, 0.6) is 11.5 Å². The molecule has 0 fully saturated rings. The predicted octanol–water partition coefficient (Wildman–Crippen LogP) is 4.97. The highest BCUT2D eigenvalue weighted by Gasteiger charge is 2.11. The van der Waals surface area contributed by atoms with Crippen LogP contribution < -0.4 is 14.8 Å². The fraction of sp³-hybridized carbons (Fsp3) is 0.238. The van der Waals surface area contributed by atoms with E-state index in [1.807, 2.05) is 19.1 Å². The van der Waals surface area contributed by atoms with Crippen molar-refractivity contribution in [1.82, 2.24) is 4.98 Å². The van der Waals surface area contributed by atoms with Crippen LogP contribution in [0.2, 0.25) is 5.02 Å². The highest BCUT2D eigenvalue weighted by atomic mass is 35.5. The van der Waals surface area contributed by atoms with Crippen molar-refractivity contribution in [2.45, 2.75) is 19.8 Å². The number of methoxy groups -OCH3 is 1. The first kappa shape index (κ1) is 19.8. The number of anilines is 1. The van der Waals surface area contributed by atoms with Crippen molar-refractivity contribution in [3.63, 3.8) is 0 Å². The number of nitrogens with one attached hydrogen (secondary N) is 1. The summed E-state index contributed by atoms with van der Waals surface area (Å²) in [5, 5.41) is 3.50. The standard InChI is InChI=1S/C21H21ClN2O4/c1-3-27-17-9-8-16(12-18(17)26-2)24-20(25)10-11-21-23-13-19(28-21)14-4-6-15(22)7-5-14/h4-9,12-13H,3,10-11H2,1-2H3,(H,24,25). The van der Waals surface area contributed by atoms with Gasteiger partial charge in [-0.2, -0.15) is 0 Å². The Kier molecular flexibility index (Phi) is 6.55. The van der Waals surface area contributed by atoms with Gasteiger partial charge in [-0.1, -0.05) is 11.6 Å². The normalized spacial score (nSPS) is 10.5. The lowest BCUT2D eigenvalue weighted by atomic mass is 10.2. The molecule has 0 unspecified atom stereocenters. The number of carbonyl (C=O) groups is 1. The molecule has 3 rings (SSSR count). The second kappa shape index (κ2) is 9.28. The number of benzene rings is 2. The third-order valence-corrected chi connectivity index (χ3v) is 4.25. The summed E-state index contributed by atoms with van der Waals surface area (Å²) < 4.78 is 16.5. The van der Waals surface area contributed by atoms with Crippen LogP contribution in [0.1, 0.15) is 19.2 Å². The Hall–Kier alpha value is -2.99. The third kappa shape index (κ3) is 5.04. The van der Waals surface area contributed by atoms with Gasteiger partial charge in [-0.3, -0.25) is 4.79 Å². The Bertz CT molecular complexity index is 938. The first-order chi connectivity index (χ1) is 13.6. The predicted molar refractivity (Wildman–Crippen MR) is 108 cm³/mol. The molecule has 0 saturated heterocycles. The van der Waals surface area contributed by atoms with Crippen molar-refractivity contribution in [3.8, 4) is 22.8 Å². The van der Waals surface area contributed by atoms with E-state index in [1.54, 1.807) is 43.6 Å². The highest BCUT2D eigenvalue weighted by molar-refractivity contribution is 6.30. The van der Waals surface area contributed by atoms with E-state index in [4.69, 9.17) is 25.5 Å². The number of halogens is 1. The van der Waals surface area contributed by atoms with Crippen LogP contribution in [0.25, 0.3) is 11.3 Å². The number of carbonyl (C=O) groups excluding carboxylic acids is 1. The number of ether oxygens (including phenoxy) is 2. The van der Waals surface area contributed by atoms with Crippen molar-refractivity contribution in [2.24, 2.45) is 0 Å². The SMILES string of the molecule is CCOc1ccc(NC(=O)CCc2ncc(-c3ccc(Cl)cc3)o2)cc1OC. The van der Waals surface area contributed by atoms with Gasteiger partial charge >= 0.3 is 0 Å². The molecule has 28 heavy (non-hydrogen) atoms. The minimum Gasteiger partial charge on any atom is -0.493 e. The van der Waals surface area contributed by atoms with Crippen LogP contribution in [-0.4, -0.2) is 24.6 Å². The van der Waals surface area contributed by atoms with Crippen molar-refractivity contribution in [3.05, 3.63) is 59.6 Å². The molecule has 0 aliphatic rings. The molecule has 1 N–H and O–H groups in total. The number of rotatable bonds is 8. The summed E-state index contributed by atoms with van der Waals surface area (Å²) in [6.45, 7) is 2.44. The molecule has 1 aromatic heterocycles. The van der Waals surface area contributed by atoms with Crippen LogP contribution in [-0.2, 0) is 11.2 Å². The zero-order valence-corrected chi connectivity index (χ0v) is 16.5. The lowest BCUT2D eigenvalue weighted by Crippen LogP contribution is -2.12. The Labute approximate surface area is 168 Å². The molecular weight excluding hydrogens is 380 g/mol. The maximum atomic E-state index is 12.2. The minimum atomic E-state index is -0.141. The van der Waals surface area contributed by atoms with Gasteiger partial charge in [0.05, 0.1) is 19.9 Å².